The van der Waals surface area contributed by atoms with Crippen LogP contribution in [0.15, 0.2) is 48.7 Å². The molecule has 1 N–H and O–H groups in total. The fraction of sp³-hybridized carbons (Fsp3) is 0.417. The molecule has 1 fully saturated rings. The number of carbonyl (C=O) groups is 3. The van der Waals surface area contributed by atoms with E-state index in [1.54, 1.807) is 19.3 Å². The molecule has 0 bridgehead atoms. The summed E-state index contributed by atoms with van der Waals surface area (Å²) in [5, 5.41) is 2.72. The molecule has 164 valence electrons. The molecule has 0 unspecified atom stereocenters. The molecule has 2 aromatic rings. The molecule has 0 radical (unpaired) electrons. The van der Waals surface area contributed by atoms with Gasteiger partial charge in [0, 0.05) is 38.7 Å². The first-order chi connectivity index (χ1) is 14.9. The van der Waals surface area contributed by atoms with Gasteiger partial charge in [0.2, 0.25) is 17.7 Å². The Morgan fingerprint density at radius 2 is 1.84 bits per heavy atom. The van der Waals surface area contributed by atoms with Crippen LogP contribution in [0.5, 0.6) is 0 Å². The molecule has 0 saturated carbocycles. The lowest BCUT2D eigenvalue weighted by molar-refractivity contribution is -0.141. The predicted octanol–water partition coefficient (Wildman–Crippen LogP) is 2.66. The van der Waals surface area contributed by atoms with Gasteiger partial charge in [0.05, 0.1) is 6.54 Å². The van der Waals surface area contributed by atoms with Crippen LogP contribution in [0, 0.1) is 12.8 Å². The number of anilines is 1. The number of likely N-dealkylation sites (N-methyl/N-ethyl adjacent to an activating group) is 1. The van der Waals surface area contributed by atoms with Crippen LogP contribution < -0.4 is 5.32 Å². The molecule has 0 atom stereocenters. The Morgan fingerprint density at radius 1 is 1.13 bits per heavy atom. The molecular weight excluding hydrogens is 392 g/mol. The van der Waals surface area contributed by atoms with Crippen LogP contribution in [0.4, 0.5) is 5.82 Å². The van der Waals surface area contributed by atoms with Crippen LogP contribution >= 0.6 is 0 Å². The first kappa shape index (κ1) is 22.5. The first-order valence-electron chi connectivity index (χ1n) is 10.7. The van der Waals surface area contributed by atoms with Gasteiger partial charge in [-0.05, 0) is 49.4 Å². The second kappa shape index (κ2) is 10.7. The van der Waals surface area contributed by atoms with Gasteiger partial charge in [-0.2, -0.15) is 0 Å². The number of carbonyl (C=O) groups excluding carboxylic acids is 3. The molecule has 1 aromatic carbocycles. The van der Waals surface area contributed by atoms with Gasteiger partial charge >= 0.3 is 0 Å². The third-order valence-corrected chi connectivity index (χ3v) is 5.61. The van der Waals surface area contributed by atoms with Crippen molar-refractivity contribution < 1.29 is 14.4 Å². The summed E-state index contributed by atoms with van der Waals surface area (Å²) < 4.78 is 0. The Labute approximate surface area is 183 Å². The zero-order chi connectivity index (χ0) is 22.2. The van der Waals surface area contributed by atoms with E-state index in [0.717, 1.165) is 17.5 Å². The Balaban J connectivity index is 1.41. The molecule has 0 spiro atoms. The number of likely N-dealkylation sites (tertiary alicyclic amines) is 1. The van der Waals surface area contributed by atoms with Gasteiger partial charge in [0.15, 0.2) is 0 Å². The summed E-state index contributed by atoms with van der Waals surface area (Å²) >= 11 is 0. The van der Waals surface area contributed by atoms with E-state index in [1.165, 1.54) is 4.90 Å². The van der Waals surface area contributed by atoms with Crippen molar-refractivity contribution in [1.29, 1.82) is 0 Å². The summed E-state index contributed by atoms with van der Waals surface area (Å²) in [5.74, 6) is 0.126. The summed E-state index contributed by atoms with van der Waals surface area (Å²) in [7, 11) is 1.64. The van der Waals surface area contributed by atoms with Gasteiger partial charge in [-0.25, -0.2) is 4.98 Å². The quantitative estimate of drug-likeness (QED) is 0.744. The van der Waals surface area contributed by atoms with E-state index in [2.05, 4.69) is 10.3 Å². The second-order valence-corrected chi connectivity index (χ2v) is 8.10. The fourth-order valence-electron chi connectivity index (χ4n) is 3.82. The van der Waals surface area contributed by atoms with Crippen molar-refractivity contribution in [1.82, 2.24) is 14.8 Å². The lowest BCUT2D eigenvalue weighted by Gasteiger charge is -2.33. The molecule has 1 aliphatic rings. The van der Waals surface area contributed by atoms with Crippen LogP contribution in [0.1, 0.15) is 30.4 Å². The number of nitrogens with zero attached hydrogens (tertiary/aromatic N) is 3. The van der Waals surface area contributed by atoms with Crippen LogP contribution in [-0.2, 0) is 20.8 Å². The van der Waals surface area contributed by atoms with Crippen molar-refractivity contribution >= 4 is 23.5 Å². The number of aryl methyl sites for hydroxylation is 2. The molecule has 1 aliphatic heterocycles. The smallest absolute Gasteiger partial charge is 0.245 e. The number of pyridine rings is 1. The Hall–Kier alpha value is -3.22. The monoisotopic (exact) mass is 422 g/mol. The highest BCUT2D eigenvalue weighted by atomic mass is 16.2. The third kappa shape index (κ3) is 6.64. The van der Waals surface area contributed by atoms with Crippen LogP contribution in [0.2, 0.25) is 0 Å². The van der Waals surface area contributed by atoms with Crippen molar-refractivity contribution in [3.63, 3.8) is 0 Å². The van der Waals surface area contributed by atoms with Gasteiger partial charge in [0.1, 0.15) is 5.82 Å². The van der Waals surface area contributed by atoms with Crippen LogP contribution in [0.25, 0.3) is 0 Å². The van der Waals surface area contributed by atoms with Crippen LogP contribution in [-0.4, -0.2) is 59.2 Å². The number of hydrogen-bond donors (Lipinski definition) is 1. The highest BCUT2D eigenvalue weighted by Gasteiger charge is 2.29. The predicted molar refractivity (Wildman–Crippen MR) is 119 cm³/mol. The fourth-order valence-corrected chi connectivity index (χ4v) is 3.82. The molecule has 3 amide bonds. The highest BCUT2D eigenvalue weighted by Crippen LogP contribution is 2.20. The number of aromatic nitrogens is 1. The number of benzene rings is 1. The average Bonchev–Trinajstić information content (AvgIpc) is 2.77. The van der Waals surface area contributed by atoms with Gasteiger partial charge in [0.25, 0.3) is 0 Å². The van der Waals surface area contributed by atoms with E-state index in [0.29, 0.717) is 38.2 Å². The molecule has 2 heterocycles. The molecule has 1 aromatic heterocycles. The topological polar surface area (TPSA) is 82.6 Å². The maximum atomic E-state index is 12.8. The summed E-state index contributed by atoms with van der Waals surface area (Å²) in [4.78, 5) is 44.9. The third-order valence-electron chi connectivity index (χ3n) is 5.61. The zero-order valence-corrected chi connectivity index (χ0v) is 18.2. The maximum Gasteiger partial charge on any atom is 0.245 e. The minimum atomic E-state index is -0.275. The maximum absolute atomic E-state index is 12.8. The van der Waals surface area contributed by atoms with E-state index in [-0.39, 0.29) is 30.2 Å². The summed E-state index contributed by atoms with van der Waals surface area (Å²) in [6, 6.07) is 13.6. The molecule has 0 aliphatic carbocycles. The Morgan fingerprint density at radius 3 is 2.52 bits per heavy atom. The minimum Gasteiger partial charge on any atom is -0.343 e. The number of piperidine rings is 1. The van der Waals surface area contributed by atoms with E-state index in [4.69, 9.17) is 0 Å². The lowest BCUT2D eigenvalue weighted by Crippen LogP contribution is -2.45. The van der Waals surface area contributed by atoms with Crippen molar-refractivity contribution in [2.75, 3.05) is 32.0 Å². The summed E-state index contributed by atoms with van der Waals surface area (Å²) in [5.41, 5.74) is 2.15. The van der Waals surface area contributed by atoms with E-state index in [9.17, 15) is 14.4 Å². The number of hydrogen-bond acceptors (Lipinski definition) is 4. The Bertz CT molecular complexity index is 908. The minimum absolute atomic E-state index is 0.0231. The zero-order valence-electron chi connectivity index (χ0n) is 18.2. The molecule has 7 nitrogen and oxygen atoms in total. The van der Waals surface area contributed by atoms with Crippen molar-refractivity contribution in [3.05, 3.63) is 59.8 Å². The second-order valence-electron chi connectivity index (χ2n) is 8.10. The molecule has 7 heteroatoms. The normalized spacial score (nSPS) is 14.2. The van der Waals surface area contributed by atoms with E-state index < -0.39 is 0 Å². The standard InChI is InChI=1S/C24H30N4O3/c1-18-10-13-25-21(16-18)26-22(29)17-27(2)24(31)20-11-14-28(15-12-20)23(30)9-8-19-6-4-3-5-7-19/h3-7,10,13,16,20H,8-9,11-12,14-15,17H2,1-2H3,(H,25,26,29). The Kier molecular flexibility index (Phi) is 7.76. The molecule has 1 saturated heterocycles. The van der Waals surface area contributed by atoms with Crippen molar-refractivity contribution in [2.45, 2.75) is 32.6 Å². The lowest BCUT2D eigenvalue weighted by atomic mass is 9.95. The van der Waals surface area contributed by atoms with Crippen LogP contribution in [0.3, 0.4) is 0 Å². The van der Waals surface area contributed by atoms with Gasteiger partial charge < -0.3 is 15.1 Å². The van der Waals surface area contributed by atoms with Gasteiger partial charge in [-0.1, -0.05) is 30.3 Å². The first-order valence-corrected chi connectivity index (χ1v) is 10.7. The largest absolute Gasteiger partial charge is 0.343 e. The van der Waals surface area contributed by atoms with Gasteiger partial charge in [-0.3, -0.25) is 14.4 Å². The van der Waals surface area contributed by atoms with Crippen molar-refractivity contribution in [2.24, 2.45) is 5.92 Å². The molecule has 3 rings (SSSR count). The average molecular weight is 423 g/mol. The highest BCUT2D eigenvalue weighted by molar-refractivity contribution is 5.94. The molecule has 31 heavy (non-hydrogen) atoms. The van der Waals surface area contributed by atoms with Gasteiger partial charge in [-0.15, -0.1) is 0 Å². The van der Waals surface area contributed by atoms with E-state index in [1.807, 2.05) is 48.2 Å². The molecular formula is C24H30N4O3. The number of rotatable bonds is 7. The summed E-state index contributed by atoms with van der Waals surface area (Å²) in [6.07, 6.45) is 4.10. The van der Waals surface area contributed by atoms with E-state index >= 15 is 0 Å². The number of amides is 3. The number of nitrogens with one attached hydrogen (secondary N) is 1. The summed E-state index contributed by atoms with van der Waals surface area (Å²) in [6.45, 7) is 3.06. The SMILES string of the molecule is Cc1ccnc(NC(=O)CN(C)C(=O)C2CCN(C(=O)CCc3ccccc3)CC2)c1. The van der Waals surface area contributed by atoms with Crippen molar-refractivity contribution in [3.8, 4) is 0 Å².